The number of hydrogen-bond acceptors (Lipinski definition) is 19. The van der Waals surface area contributed by atoms with Gasteiger partial charge in [-0.1, -0.05) is 60.7 Å². The van der Waals surface area contributed by atoms with Crippen LogP contribution in [-0.2, 0) is 46.3 Å². The fraction of sp³-hybridized carbons (Fsp3) is 0.341. The molecule has 5 heterocycles. The predicted octanol–water partition coefficient (Wildman–Crippen LogP) is 11.6. The molecule has 6 amide bonds. The number of nitrogen functional groups attached to an aromatic ring is 2. The molecule has 3 saturated heterocycles. The van der Waals surface area contributed by atoms with E-state index in [1.807, 2.05) is 115 Å². The molecule has 0 aliphatic carbocycles. The summed E-state index contributed by atoms with van der Waals surface area (Å²) >= 11 is 0. The molecule has 0 bridgehead atoms. The highest BCUT2D eigenvalue weighted by Gasteiger charge is 2.41. The number of H-pyrrole nitrogens is 2. The molecule has 110 heavy (non-hydrogen) atoms. The van der Waals surface area contributed by atoms with Gasteiger partial charge in [-0.2, -0.15) is 0 Å². The Morgan fingerprint density at radius 1 is 0.436 bits per heavy atom. The van der Waals surface area contributed by atoms with Crippen LogP contribution in [0.5, 0.6) is 11.5 Å². The summed E-state index contributed by atoms with van der Waals surface area (Å²) in [6, 6.07) is 57.3. The number of ether oxygens (including phenoxy) is 8. The lowest BCUT2D eigenvalue weighted by atomic mass is 10.0. The number of nitrogens with one attached hydrogen (secondary N) is 3. The van der Waals surface area contributed by atoms with Gasteiger partial charge in [-0.25, -0.2) is 24.4 Å². The lowest BCUT2D eigenvalue weighted by Crippen LogP contribution is -2.32. The maximum Gasteiger partial charge on any atom is 0.325 e. The maximum absolute atomic E-state index is 13.9. The van der Waals surface area contributed by atoms with Gasteiger partial charge in [-0.3, -0.25) is 19.5 Å². The number of carbonyl (C=O) groups excluding carboxylic acids is 3. The lowest BCUT2D eigenvalue weighted by Gasteiger charge is -2.26. The Morgan fingerprint density at radius 3 is 1.12 bits per heavy atom. The number of carbonyl (C=O) groups is 4. The minimum atomic E-state index is -0.250. The second kappa shape index (κ2) is 40.5. The van der Waals surface area contributed by atoms with Crippen molar-refractivity contribution in [3.63, 3.8) is 0 Å². The Hall–Kier alpha value is -11.7. The van der Waals surface area contributed by atoms with Gasteiger partial charge in [0.15, 0.2) is 0 Å². The molecule has 28 heteroatoms. The molecule has 3 fully saturated rings. The van der Waals surface area contributed by atoms with Crippen LogP contribution in [0.15, 0.2) is 189 Å². The number of hydrogen-bond donors (Lipinski definition) is 6. The number of anilines is 8. The SMILES string of the molecule is COCCN(CCOC)c1ccc(C2CN(Cc3ccc(OC)cc3)C(=O)N2c2ccc(N)c(N)c2)cc1.COCCN(CCOC)c1ccc(C2CN(Cc3ccc(OC)cc3)C(=O)N2c2ccc3nc[nH]c3c2)cc1.COCCN(CCOC)c1ccc(C2CNC(=O)N2c2ccc3nc[nH]c3c2)cc1.O=CO. The minimum absolute atomic E-state index is 0.0272. The number of nitrogens with two attached hydrogens (primary N) is 2. The van der Waals surface area contributed by atoms with Crippen molar-refractivity contribution in [1.82, 2.24) is 35.1 Å². The van der Waals surface area contributed by atoms with Crippen LogP contribution < -0.4 is 55.7 Å². The zero-order valence-electron chi connectivity index (χ0n) is 63.7. The first-order valence-electron chi connectivity index (χ1n) is 36.2. The maximum atomic E-state index is 13.9. The zero-order valence-corrected chi connectivity index (χ0v) is 63.7. The van der Waals surface area contributed by atoms with Crippen molar-refractivity contribution in [3.8, 4) is 11.5 Å². The Bertz CT molecular complexity index is 4490. The van der Waals surface area contributed by atoms with Crippen molar-refractivity contribution < 1.29 is 62.2 Å². The van der Waals surface area contributed by atoms with Gasteiger partial charge in [0.05, 0.1) is 118 Å². The summed E-state index contributed by atoms with van der Waals surface area (Å²) in [5.74, 6) is 1.58. The largest absolute Gasteiger partial charge is 0.497 e. The number of nitrogens with zero attached hydrogens (tertiary/aromatic N) is 10. The first-order chi connectivity index (χ1) is 53.7. The predicted molar refractivity (Wildman–Crippen MR) is 430 cm³/mol. The molecule has 8 aromatic carbocycles. The van der Waals surface area contributed by atoms with Crippen molar-refractivity contribution in [2.24, 2.45) is 0 Å². The van der Waals surface area contributed by atoms with Gasteiger partial charge in [0.2, 0.25) is 0 Å². The molecule has 2 aromatic heterocycles. The van der Waals surface area contributed by atoms with Crippen LogP contribution in [0.3, 0.4) is 0 Å². The highest BCUT2D eigenvalue weighted by atomic mass is 16.5. The third-order valence-corrected chi connectivity index (χ3v) is 19.4. The quantitative estimate of drug-likeness (QED) is 0.0164. The van der Waals surface area contributed by atoms with E-state index in [0.717, 1.165) is 135 Å². The van der Waals surface area contributed by atoms with Gasteiger partial charge in [-0.05, 0) is 143 Å². The third-order valence-electron chi connectivity index (χ3n) is 19.4. The monoisotopic (exact) mass is 1500 g/mol. The van der Waals surface area contributed by atoms with Crippen molar-refractivity contribution in [3.05, 3.63) is 216 Å². The molecule has 3 atom stereocenters. The van der Waals surface area contributed by atoms with Crippen molar-refractivity contribution in [1.29, 1.82) is 0 Å². The number of carboxylic acid groups (broad SMARTS) is 1. The molecule has 10 aromatic rings. The molecule has 13 rings (SSSR count). The number of fused-ring (bicyclic) bond motifs is 2. The van der Waals surface area contributed by atoms with E-state index in [-0.39, 0.29) is 42.7 Å². The number of methoxy groups -OCH3 is 8. The van der Waals surface area contributed by atoms with Crippen LogP contribution in [0, 0.1) is 0 Å². The number of urea groups is 3. The van der Waals surface area contributed by atoms with Crippen LogP contribution >= 0.6 is 0 Å². The van der Waals surface area contributed by atoms with Gasteiger partial charge in [-0.15, -0.1) is 0 Å². The fourth-order valence-corrected chi connectivity index (χ4v) is 13.5. The Kier molecular flexibility index (Phi) is 29.8. The van der Waals surface area contributed by atoms with Crippen LogP contribution in [0.25, 0.3) is 22.1 Å². The van der Waals surface area contributed by atoms with Crippen molar-refractivity contribution in [2.75, 3.05) is 196 Å². The summed E-state index contributed by atoms with van der Waals surface area (Å²) in [5, 5.41) is 9.86. The zero-order chi connectivity index (χ0) is 77.9. The van der Waals surface area contributed by atoms with E-state index in [0.29, 0.717) is 83.7 Å². The number of amides is 6. The second-order valence-electron chi connectivity index (χ2n) is 26.2. The highest BCUT2D eigenvalue weighted by Crippen LogP contribution is 2.40. The van der Waals surface area contributed by atoms with Crippen LogP contribution in [-0.4, -0.2) is 215 Å². The van der Waals surface area contributed by atoms with E-state index in [9.17, 15) is 14.4 Å². The van der Waals surface area contributed by atoms with E-state index < -0.39 is 0 Å². The number of imidazole rings is 2. The van der Waals surface area contributed by atoms with E-state index in [4.69, 9.17) is 59.3 Å². The van der Waals surface area contributed by atoms with Crippen molar-refractivity contribution >= 4 is 92.1 Å². The van der Waals surface area contributed by atoms with Crippen LogP contribution in [0.1, 0.15) is 45.9 Å². The molecule has 0 spiro atoms. The molecule has 582 valence electrons. The van der Waals surface area contributed by atoms with Crippen LogP contribution in [0.4, 0.5) is 59.9 Å². The van der Waals surface area contributed by atoms with E-state index in [1.54, 1.807) is 81.7 Å². The number of aromatic nitrogens is 4. The Labute approximate surface area is 641 Å². The van der Waals surface area contributed by atoms with E-state index in [1.165, 1.54) is 0 Å². The molecular formula is C82H101N15O13. The average Bonchev–Trinajstić information content (AvgIpc) is 1.63. The van der Waals surface area contributed by atoms with Gasteiger partial charge in [0.1, 0.15) is 11.5 Å². The molecule has 28 nitrogen and oxygen atoms in total. The molecular weight excluding hydrogens is 1400 g/mol. The molecule has 3 unspecified atom stereocenters. The number of rotatable bonds is 33. The van der Waals surface area contributed by atoms with Gasteiger partial charge in [0, 0.05) is 149 Å². The normalized spacial score (nSPS) is 15.3. The third kappa shape index (κ3) is 20.6. The number of aromatic amines is 2. The Morgan fingerprint density at radius 2 is 0.773 bits per heavy atom. The van der Waals surface area contributed by atoms with E-state index in [2.05, 4.69) is 113 Å². The van der Waals surface area contributed by atoms with Crippen molar-refractivity contribution in [2.45, 2.75) is 31.2 Å². The number of benzene rings is 8. The summed E-state index contributed by atoms with van der Waals surface area (Å²) in [6.45, 7) is 10.9. The summed E-state index contributed by atoms with van der Waals surface area (Å²) in [5.41, 5.74) is 27.5. The van der Waals surface area contributed by atoms with Gasteiger partial charge >= 0.3 is 18.1 Å². The summed E-state index contributed by atoms with van der Waals surface area (Å²) in [6.07, 6.45) is 3.33. The minimum Gasteiger partial charge on any atom is -0.497 e. The topological polar surface area (TPSA) is 310 Å². The molecule has 3 aliphatic rings. The Balaban J connectivity index is 0.000000174. The molecule has 8 N–H and O–H groups in total. The second-order valence-corrected chi connectivity index (χ2v) is 26.2. The average molecular weight is 1500 g/mol. The first kappa shape index (κ1) is 80.9. The fourth-order valence-electron chi connectivity index (χ4n) is 13.5. The summed E-state index contributed by atoms with van der Waals surface area (Å²) in [7, 11) is 13.5. The standard InChI is InChI=1S/C30H35N5O4.C29H37N5O4.C22H27N5O3.CH2O2/c1-37-16-14-33(15-17-38-2)24-8-6-23(7-9-24)29-20-34(19-22-4-11-26(39-3)12-5-22)30(36)35(29)25-10-13-27-28(18-25)32-21-31-27;1-36-16-14-32(15-17-37-2)23-8-6-22(7-9-23)28-20-33(19-21-4-11-25(38-3)12-5-21)29(35)34(28)24-10-13-26(30)27(31)18-24;1-29-11-9-26(10-12-30-2)17-5-3-16(4-6-17)21-14-23-22(28)27(21)18-7-8-19-20(13-18)25-15-24-19;2-1-3/h4-13,18,21,29H,14-17,19-20H2,1-3H3,(H,31,32);4-13,18,28H,14-17,19-20,30-31H2,1-3H3;3-8,13,15,21H,9-12,14H2,1-2H3,(H,23,28)(H,24,25);1H,(H,2,3). The first-order valence-corrected chi connectivity index (χ1v) is 36.2. The lowest BCUT2D eigenvalue weighted by molar-refractivity contribution is -0.122. The summed E-state index contributed by atoms with van der Waals surface area (Å²) < 4.78 is 42.2. The smallest absolute Gasteiger partial charge is 0.325 e. The van der Waals surface area contributed by atoms with Gasteiger partial charge < -0.3 is 94.3 Å². The van der Waals surface area contributed by atoms with Crippen LogP contribution in [0.2, 0.25) is 0 Å². The van der Waals surface area contributed by atoms with E-state index >= 15 is 0 Å². The van der Waals surface area contributed by atoms with Gasteiger partial charge in [0.25, 0.3) is 6.47 Å². The molecule has 0 radical (unpaired) electrons. The highest BCUT2D eigenvalue weighted by molar-refractivity contribution is 5.99. The summed E-state index contributed by atoms with van der Waals surface area (Å²) in [4.78, 5) is 79.4. The molecule has 3 aliphatic heterocycles. The molecule has 0 saturated carbocycles.